The molecule has 1 saturated carbocycles. The molecular formula is C14H16ClN3O. The Morgan fingerprint density at radius 2 is 2.16 bits per heavy atom. The first-order valence-electron chi connectivity index (χ1n) is 6.28. The summed E-state index contributed by atoms with van der Waals surface area (Å²) < 4.78 is 7.33. The van der Waals surface area contributed by atoms with Gasteiger partial charge in [-0.1, -0.05) is 17.7 Å². The number of aromatic nitrogens is 2. The number of hydrogen-bond acceptors (Lipinski definition) is 3. The Hall–Kier alpha value is -1.68. The molecule has 0 unspecified atom stereocenters. The first-order valence-corrected chi connectivity index (χ1v) is 6.66. The molecule has 1 heterocycles. The van der Waals surface area contributed by atoms with Gasteiger partial charge in [0.2, 0.25) is 0 Å². The zero-order valence-electron chi connectivity index (χ0n) is 11.0. The van der Waals surface area contributed by atoms with Gasteiger partial charge in [0.1, 0.15) is 23.1 Å². The van der Waals surface area contributed by atoms with Crippen LogP contribution in [0.1, 0.15) is 24.6 Å². The summed E-state index contributed by atoms with van der Waals surface area (Å²) in [6.07, 6.45) is 2.37. The molecule has 0 aliphatic heterocycles. The van der Waals surface area contributed by atoms with E-state index in [1.807, 2.05) is 29.8 Å². The van der Waals surface area contributed by atoms with Crippen molar-refractivity contribution < 1.29 is 4.74 Å². The number of nitrogen functional groups attached to an aromatic ring is 1. The number of nitrogens with zero attached hydrogens (tertiary/aromatic N) is 2. The van der Waals surface area contributed by atoms with Crippen molar-refractivity contribution in [1.29, 1.82) is 0 Å². The number of hydrogen-bond donors (Lipinski definition) is 1. The van der Waals surface area contributed by atoms with Crippen molar-refractivity contribution in [3.63, 3.8) is 0 Å². The summed E-state index contributed by atoms with van der Waals surface area (Å²) in [5.41, 5.74) is 7.66. The molecule has 1 aromatic carbocycles. The van der Waals surface area contributed by atoms with Gasteiger partial charge in [0.05, 0.1) is 17.7 Å². The van der Waals surface area contributed by atoms with Gasteiger partial charge in [-0.3, -0.25) is 0 Å². The largest absolute Gasteiger partial charge is 0.496 e. The first-order chi connectivity index (χ1) is 9.13. The van der Waals surface area contributed by atoms with Crippen LogP contribution in [0.4, 0.5) is 5.82 Å². The Kier molecular flexibility index (Phi) is 2.90. The van der Waals surface area contributed by atoms with Gasteiger partial charge in [-0.2, -0.15) is 0 Å². The number of benzene rings is 1. The summed E-state index contributed by atoms with van der Waals surface area (Å²) in [6, 6.07) is 5.54. The van der Waals surface area contributed by atoms with E-state index in [1.165, 1.54) is 12.8 Å². The summed E-state index contributed by atoms with van der Waals surface area (Å²) in [7, 11) is 3.57. The SMILES string of the molecule is COc1cccc(Cl)c1-c1nc(C2CC2)n(C)c1N. The van der Waals surface area contributed by atoms with Crippen LogP contribution in [0.5, 0.6) is 5.75 Å². The lowest BCUT2D eigenvalue weighted by Crippen LogP contribution is -2.00. The van der Waals surface area contributed by atoms with Crippen molar-refractivity contribution in [3.8, 4) is 17.0 Å². The van der Waals surface area contributed by atoms with E-state index in [9.17, 15) is 0 Å². The predicted octanol–water partition coefficient (Wildman–Crippen LogP) is 3.21. The van der Waals surface area contributed by atoms with Crippen LogP contribution >= 0.6 is 11.6 Å². The molecule has 5 heteroatoms. The maximum absolute atomic E-state index is 6.29. The Bertz CT molecular complexity index is 632. The molecule has 100 valence electrons. The van der Waals surface area contributed by atoms with Crippen LogP contribution in [0.25, 0.3) is 11.3 Å². The number of nitrogens with two attached hydrogens (primary N) is 1. The highest BCUT2D eigenvalue weighted by Crippen LogP contribution is 2.44. The van der Waals surface area contributed by atoms with Gasteiger partial charge in [0.15, 0.2) is 0 Å². The van der Waals surface area contributed by atoms with Gasteiger partial charge in [-0.15, -0.1) is 0 Å². The van der Waals surface area contributed by atoms with Crippen molar-refractivity contribution in [1.82, 2.24) is 9.55 Å². The topological polar surface area (TPSA) is 53.1 Å². The Morgan fingerprint density at radius 1 is 1.42 bits per heavy atom. The summed E-state index contributed by atoms with van der Waals surface area (Å²) in [5, 5.41) is 0.603. The number of rotatable bonds is 3. The molecule has 4 nitrogen and oxygen atoms in total. The summed E-state index contributed by atoms with van der Waals surface area (Å²) >= 11 is 6.29. The molecule has 0 saturated heterocycles. The Labute approximate surface area is 117 Å². The maximum atomic E-state index is 6.29. The third-order valence-corrected chi connectivity index (χ3v) is 3.86. The van der Waals surface area contributed by atoms with Crippen molar-refractivity contribution >= 4 is 17.4 Å². The summed E-state index contributed by atoms with van der Waals surface area (Å²) in [5.74, 6) is 2.90. The lowest BCUT2D eigenvalue weighted by atomic mass is 10.1. The molecule has 19 heavy (non-hydrogen) atoms. The third-order valence-electron chi connectivity index (χ3n) is 3.55. The van der Waals surface area contributed by atoms with E-state index in [2.05, 4.69) is 4.98 Å². The fraction of sp³-hybridized carbons (Fsp3) is 0.357. The molecule has 2 N–H and O–H groups in total. The minimum atomic E-state index is 0.537. The van der Waals surface area contributed by atoms with Crippen LogP contribution in [-0.4, -0.2) is 16.7 Å². The molecule has 2 aromatic rings. The zero-order valence-corrected chi connectivity index (χ0v) is 11.7. The highest BCUT2D eigenvalue weighted by atomic mass is 35.5. The van der Waals surface area contributed by atoms with Crippen molar-refractivity contribution in [2.75, 3.05) is 12.8 Å². The lowest BCUT2D eigenvalue weighted by molar-refractivity contribution is 0.416. The first kappa shape index (κ1) is 12.4. The Balaban J connectivity index is 2.19. The normalized spacial score (nSPS) is 14.7. The highest BCUT2D eigenvalue weighted by Gasteiger charge is 2.30. The third kappa shape index (κ3) is 1.96. The van der Waals surface area contributed by atoms with E-state index in [0.29, 0.717) is 28.2 Å². The molecule has 0 spiro atoms. The average Bonchev–Trinajstić information content (AvgIpc) is 3.20. The zero-order chi connectivity index (χ0) is 13.6. The van der Waals surface area contributed by atoms with Crippen LogP contribution in [-0.2, 0) is 7.05 Å². The molecule has 3 rings (SSSR count). The summed E-state index contributed by atoms with van der Waals surface area (Å²) in [4.78, 5) is 4.68. The van der Waals surface area contributed by atoms with Gasteiger partial charge in [-0.05, 0) is 25.0 Å². The minimum absolute atomic E-state index is 0.537. The van der Waals surface area contributed by atoms with Crippen LogP contribution in [0, 0.1) is 0 Å². The number of imidazole rings is 1. The number of anilines is 1. The monoisotopic (exact) mass is 277 g/mol. The average molecular weight is 278 g/mol. The smallest absolute Gasteiger partial charge is 0.131 e. The van der Waals surface area contributed by atoms with Crippen molar-refractivity contribution in [2.45, 2.75) is 18.8 Å². The lowest BCUT2D eigenvalue weighted by Gasteiger charge is -2.09. The molecule has 1 aliphatic rings. The number of methoxy groups -OCH3 is 1. The van der Waals surface area contributed by atoms with Crippen LogP contribution in [0.15, 0.2) is 18.2 Å². The van der Waals surface area contributed by atoms with Crippen LogP contribution in [0.2, 0.25) is 5.02 Å². The van der Waals surface area contributed by atoms with Crippen molar-refractivity contribution in [2.24, 2.45) is 7.05 Å². The standard InChI is InChI=1S/C14H16ClN3O/c1-18-13(16)12(17-14(18)8-6-7-8)11-9(15)4-3-5-10(11)19-2/h3-5,8H,6-7,16H2,1-2H3. The van der Waals surface area contributed by atoms with E-state index >= 15 is 0 Å². The van der Waals surface area contributed by atoms with Crippen LogP contribution < -0.4 is 10.5 Å². The number of halogens is 1. The second-order valence-electron chi connectivity index (χ2n) is 4.85. The summed E-state index contributed by atoms with van der Waals surface area (Å²) in [6.45, 7) is 0. The van der Waals surface area contributed by atoms with Gasteiger partial charge < -0.3 is 15.0 Å². The van der Waals surface area contributed by atoms with E-state index in [4.69, 9.17) is 22.1 Å². The number of ether oxygens (including phenoxy) is 1. The molecule has 0 atom stereocenters. The highest BCUT2D eigenvalue weighted by molar-refractivity contribution is 6.33. The molecule has 1 aliphatic carbocycles. The van der Waals surface area contributed by atoms with E-state index < -0.39 is 0 Å². The molecule has 0 bridgehead atoms. The quantitative estimate of drug-likeness (QED) is 0.937. The molecule has 1 aromatic heterocycles. The fourth-order valence-electron chi connectivity index (χ4n) is 2.32. The van der Waals surface area contributed by atoms with Gasteiger partial charge >= 0.3 is 0 Å². The second kappa shape index (κ2) is 4.46. The maximum Gasteiger partial charge on any atom is 0.131 e. The van der Waals surface area contributed by atoms with E-state index in [0.717, 1.165) is 11.4 Å². The van der Waals surface area contributed by atoms with E-state index in [1.54, 1.807) is 7.11 Å². The fourth-order valence-corrected chi connectivity index (χ4v) is 2.58. The van der Waals surface area contributed by atoms with Gasteiger partial charge in [0.25, 0.3) is 0 Å². The van der Waals surface area contributed by atoms with Crippen molar-refractivity contribution in [3.05, 3.63) is 29.0 Å². The molecule has 0 radical (unpaired) electrons. The van der Waals surface area contributed by atoms with Gasteiger partial charge in [0, 0.05) is 13.0 Å². The van der Waals surface area contributed by atoms with Gasteiger partial charge in [-0.25, -0.2) is 4.98 Å². The predicted molar refractivity (Wildman–Crippen MR) is 76.6 cm³/mol. The van der Waals surface area contributed by atoms with E-state index in [-0.39, 0.29) is 0 Å². The van der Waals surface area contributed by atoms with Crippen LogP contribution in [0.3, 0.4) is 0 Å². The minimum Gasteiger partial charge on any atom is -0.496 e. The molecule has 1 fully saturated rings. The Morgan fingerprint density at radius 3 is 2.79 bits per heavy atom. The second-order valence-corrected chi connectivity index (χ2v) is 5.26. The molecule has 0 amide bonds. The molecular weight excluding hydrogens is 262 g/mol.